The zero-order valence-corrected chi connectivity index (χ0v) is 11.7. The Morgan fingerprint density at radius 1 is 1.15 bits per heavy atom. The van der Waals surface area contributed by atoms with Crippen molar-refractivity contribution < 1.29 is 4.74 Å². The van der Waals surface area contributed by atoms with Crippen LogP contribution in [-0.2, 0) is 6.54 Å². The molecule has 102 valence electrons. The maximum atomic E-state index is 11.8. The fourth-order valence-electron chi connectivity index (χ4n) is 2.01. The van der Waals surface area contributed by atoms with Crippen molar-refractivity contribution in [2.75, 3.05) is 6.61 Å². The second-order valence-electron chi connectivity index (χ2n) is 4.23. The van der Waals surface area contributed by atoms with Crippen LogP contribution in [0, 0.1) is 11.8 Å². The highest BCUT2D eigenvalue weighted by atomic mass is 16.5. The van der Waals surface area contributed by atoms with Crippen LogP contribution >= 0.6 is 0 Å². The minimum atomic E-state index is 0.0172. The van der Waals surface area contributed by atoms with E-state index in [0.29, 0.717) is 13.2 Å². The SMILES string of the molecule is CC#CCOc1ccc(-c2cccc(=O)n2CC)cc1. The van der Waals surface area contributed by atoms with Gasteiger partial charge in [-0.15, -0.1) is 5.92 Å². The minimum Gasteiger partial charge on any atom is -0.481 e. The number of nitrogens with zero attached hydrogens (tertiary/aromatic N) is 1. The highest BCUT2D eigenvalue weighted by Gasteiger charge is 2.04. The van der Waals surface area contributed by atoms with E-state index in [1.165, 1.54) is 0 Å². The first-order valence-corrected chi connectivity index (χ1v) is 6.59. The number of ether oxygens (including phenoxy) is 1. The Morgan fingerprint density at radius 2 is 1.90 bits per heavy atom. The van der Waals surface area contributed by atoms with Crippen molar-refractivity contribution in [3.63, 3.8) is 0 Å². The van der Waals surface area contributed by atoms with Crippen LogP contribution < -0.4 is 10.3 Å². The monoisotopic (exact) mass is 267 g/mol. The van der Waals surface area contributed by atoms with Gasteiger partial charge in [0.05, 0.1) is 5.69 Å². The molecule has 0 spiro atoms. The van der Waals surface area contributed by atoms with Crippen LogP contribution in [0.5, 0.6) is 5.75 Å². The Morgan fingerprint density at radius 3 is 2.55 bits per heavy atom. The number of hydrogen-bond donors (Lipinski definition) is 0. The van der Waals surface area contributed by atoms with Crippen molar-refractivity contribution >= 4 is 0 Å². The molecule has 20 heavy (non-hydrogen) atoms. The normalized spacial score (nSPS) is 9.70. The Bertz CT molecular complexity index is 687. The summed E-state index contributed by atoms with van der Waals surface area (Å²) in [5.41, 5.74) is 1.93. The molecular weight excluding hydrogens is 250 g/mol. The maximum Gasteiger partial charge on any atom is 0.250 e. The molecule has 2 rings (SSSR count). The lowest BCUT2D eigenvalue weighted by atomic mass is 10.1. The van der Waals surface area contributed by atoms with E-state index in [1.54, 1.807) is 23.6 Å². The number of benzene rings is 1. The van der Waals surface area contributed by atoms with Crippen LogP contribution in [0.3, 0.4) is 0 Å². The van der Waals surface area contributed by atoms with Gasteiger partial charge in [-0.25, -0.2) is 0 Å². The lowest BCUT2D eigenvalue weighted by molar-refractivity contribution is 0.370. The first-order valence-electron chi connectivity index (χ1n) is 6.59. The molecule has 0 bridgehead atoms. The Hall–Kier alpha value is -2.47. The topological polar surface area (TPSA) is 31.2 Å². The summed E-state index contributed by atoms with van der Waals surface area (Å²) in [5, 5.41) is 0. The molecule has 0 fully saturated rings. The van der Waals surface area contributed by atoms with E-state index in [0.717, 1.165) is 17.0 Å². The van der Waals surface area contributed by atoms with Gasteiger partial charge in [0, 0.05) is 12.6 Å². The summed E-state index contributed by atoms with van der Waals surface area (Å²) < 4.78 is 7.22. The lowest BCUT2D eigenvalue weighted by Gasteiger charge is -2.11. The molecule has 1 aromatic carbocycles. The second-order valence-corrected chi connectivity index (χ2v) is 4.23. The van der Waals surface area contributed by atoms with Gasteiger partial charge < -0.3 is 9.30 Å². The molecule has 0 radical (unpaired) electrons. The van der Waals surface area contributed by atoms with E-state index in [2.05, 4.69) is 11.8 Å². The lowest BCUT2D eigenvalue weighted by Crippen LogP contribution is -2.19. The van der Waals surface area contributed by atoms with E-state index in [-0.39, 0.29) is 5.56 Å². The van der Waals surface area contributed by atoms with Crippen molar-refractivity contribution in [3.05, 3.63) is 52.8 Å². The van der Waals surface area contributed by atoms with Crippen molar-refractivity contribution in [3.8, 4) is 28.8 Å². The van der Waals surface area contributed by atoms with Gasteiger partial charge in [-0.3, -0.25) is 4.79 Å². The van der Waals surface area contributed by atoms with Gasteiger partial charge >= 0.3 is 0 Å². The molecular formula is C17H17NO2. The fourth-order valence-corrected chi connectivity index (χ4v) is 2.01. The molecule has 1 aromatic heterocycles. The van der Waals surface area contributed by atoms with Gasteiger partial charge in [-0.1, -0.05) is 12.0 Å². The van der Waals surface area contributed by atoms with Gasteiger partial charge in [0.25, 0.3) is 5.56 Å². The highest BCUT2D eigenvalue weighted by molar-refractivity contribution is 5.60. The first kappa shape index (κ1) is 14.0. The van der Waals surface area contributed by atoms with Gasteiger partial charge in [-0.05, 0) is 49.7 Å². The van der Waals surface area contributed by atoms with Gasteiger partial charge in [0.15, 0.2) is 0 Å². The summed E-state index contributed by atoms with van der Waals surface area (Å²) in [5.74, 6) is 6.41. The van der Waals surface area contributed by atoms with Crippen molar-refractivity contribution in [2.24, 2.45) is 0 Å². The van der Waals surface area contributed by atoms with Crippen LogP contribution in [0.25, 0.3) is 11.3 Å². The van der Waals surface area contributed by atoms with E-state index in [1.807, 2.05) is 37.3 Å². The molecule has 0 N–H and O–H groups in total. The zero-order valence-electron chi connectivity index (χ0n) is 11.7. The first-order chi connectivity index (χ1) is 9.76. The average Bonchev–Trinajstić information content (AvgIpc) is 2.48. The number of pyridine rings is 1. The molecule has 1 heterocycles. The fraction of sp³-hybridized carbons (Fsp3) is 0.235. The highest BCUT2D eigenvalue weighted by Crippen LogP contribution is 2.21. The molecule has 0 amide bonds. The third-order valence-corrected chi connectivity index (χ3v) is 3.00. The van der Waals surface area contributed by atoms with E-state index in [9.17, 15) is 4.79 Å². The maximum absolute atomic E-state index is 11.8. The van der Waals surface area contributed by atoms with Crippen LogP contribution in [0.1, 0.15) is 13.8 Å². The molecule has 2 aromatic rings. The van der Waals surface area contributed by atoms with Crippen LogP contribution in [0.15, 0.2) is 47.3 Å². The molecule has 0 aliphatic rings. The predicted octanol–water partition coefficient (Wildman–Crippen LogP) is 2.94. The van der Waals surface area contributed by atoms with E-state index < -0.39 is 0 Å². The molecule has 0 aliphatic carbocycles. The summed E-state index contributed by atoms with van der Waals surface area (Å²) in [7, 11) is 0. The Labute approximate surface area is 118 Å². The van der Waals surface area contributed by atoms with Crippen molar-refractivity contribution in [1.82, 2.24) is 4.57 Å². The van der Waals surface area contributed by atoms with Crippen LogP contribution in [0.4, 0.5) is 0 Å². The summed E-state index contributed by atoms with van der Waals surface area (Å²) >= 11 is 0. The molecule has 0 saturated carbocycles. The van der Waals surface area contributed by atoms with Crippen LogP contribution in [0.2, 0.25) is 0 Å². The quantitative estimate of drug-likeness (QED) is 0.798. The Balaban J connectivity index is 2.28. The molecule has 0 unspecified atom stereocenters. The van der Waals surface area contributed by atoms with Gasteiger partial charge in [-0.2, -0.15) is 0 Å². The predicted molar refractivity (Wildman–Crippen MR) is 80.8 cm³/mol. The molecule has 3 heteroatoms. The number of hydrogen-bond acceptors (Lipinski definition) is 2. The second kappa shape index (κ2) is 6.63. The summed E-state index contributed by atoms with van der Waals surface area (Å²) in [6.45, 7) is 4.79. The summed E-state index contributed by atoms with van der Waals surface area (Å²) in [6.07, 6.45) is 0. The van der Waals surface area contributed by atoms with Gasteiger partial charge in [0.1, 0.15) is 12.4 Å². The van der Waals surface area contributed by atoms with E-state index >= 15 is 0 Å². The van der Waals surface area contributed by atoms with Crippen LogP contribution in [-0.4, -0.2) is 11.2 Å². The summed E-state index contributed by atoms with van der Waals surface area (Å²) in [6, 6.07) is 13.0. The average molecular weight is 267 g/mol. The number of aromatic nitrogens is 1. The Kier molecular flexibility index (Phi) is 4.62. The third kappa shape index (κ3) is 3.10. The van der Waals surface area contributed by atoms with E-state index in [4.69, 9.17) is 4.74 Å². The molecule has 3 nitrogen and oxygen atoms in total. The van der Waals surface area contributed by atoms with Gasteiger partial charge in [0.2, 0.25) is 0 Å². The third-order valence-electron chi connectivity index (χ3n) is 3.00. The standard InChI is InChI=1S/C17H17NO2/c1-3-5-13-20-15-11-9-14(10-12-15)16-7-6-8-17(19)18(16)4-2/h6-12H,4,13H2,1-2H3. The largest absolute Gasteiger partial charge is 0.481 e. The molecule has 0 saturated heterocycles. The zero-order chi connectivity index (χ0) is 14.4. The van der Waals surface area contributed by atoms with Crippen molar-refractivity contribution in [1.29, 1.82) is 0 Å². The summed E-state index contributed by atoms with van der Waals surface area (Å²) in [4.78, 5) is 11.8. The molecule has 0 atom stereocenters. The number of rotatable bonds is 4. The minimum absolute atomic E-state index is 0.0172. The molecule has 0 aliphatic heterocycles. The smallest absolute Gasteiger partial charge is 0.250 e. The van der Waals surface area contributed by atoms with Crippen molar-refractivity contribution in [2.45, 2.75) is 20.4 Å².